The van der Waals surface area contributed by atoms with Gasteiger partial charge in [0.25, 0.3) is 0 Å². The molecule has 2 atom stereocenters. The highest BCUT2D eigenvalue weighted by atomic mass is 32.3. The van der Waals surface area contributed by atoms with E-state index in [0.29, 0.717) is 49.5 Å². The number of benzene rings is 1. The van der Waals surface area contributed by atoms with Crippen molar-refractivity contribution in [1.82, 2.24) is 15.1 Å². The predicted octanol–water partition coefficient (Wildman–Crippen LogP) is 4.71. The second kappa shape index (κ2) is 10.5. The fraction of sp³-hybridized carbons (Fsp3) is 0.615. The number of hydrogen-bond donors (Lipinski definition) is 3. The van der Waals surface area contributed by atoms with E-state index in [1.807, 2.05) is 17.7 Å². The number of nitrogens with one attached hydrogen (secondary N) is 1. The van der Waals surface area contributed by atoms with E-state index < -0.39 is 22.7 Å². The van der Waals surface area contributed by atoms with Crippen molar-refractivity contribution in [3.05, 3.63) is 35.5 Å². The van der Waals surface area contributed by atoms with E-state index in [9.17, 15) is 22.7 Å². The van der Waals surface area contributed by atoms with Gasteiger partial charge in [0.15, 0.2) is 0 Å². The Morgan fingerprint density at radius 2 is 2.11 bits per heavy atom. The Balaban J connectivity index is 1.41. The number of rotatable bonds is 7. The zero-order chi connectivity index (χ0) is 26.2. The van der Waals surface area contributed by atoms with Gasteiger partial charge in [-0.1, -0.05) is 12.1 Å². The van der Waals surface area contributed by atoms with Crippen LogP contribution < -0.4 is 10.1 Å². The summed E-state index contributed by atoms with van der Waals surface area (Å²) in [5.74, 6) is 0.678. The Labute approximate surface area is 217 Å². The molecule has 3 N–H and O–H groups in total. The number of aromatic nitrogens is 2. The van der Waals surface area contributed by atoms with Crippen molar-refractivity contribution in [2.75, 3.05) is 24.7 Å². The fourth-order valence-electron chi connectivity index (χ4n) is 5.82. The maximum absolute atomic E-state index is 13.3. The Kier molecular flexibility index (Phi) is 7.50. The molecular formula is C26H35F2N3O5S. The highest BCUT2D eigenvalue weighted by Crippen LogP contribution is 2.50. The van der Waals surface area contributed by atoms with E-state index in [4.69, 9.17) is 9.84 Å². The van der Waals surface area contributed by atoms with Gasteiger partial charge in [0.05, 0.1) is 17.0 Å². The van der Waals surface area contributed by atoms with E-state index in [1.54, 1.807) is 12.1 Å². The summed E-state index contributed by atoms with van der Waals surface area (Å²) >= 11 is 0. The number of hydrogen-bond acceptors (Lipinski definition) is 6. The number of amides is 1. The number of fused-ring (bicyclic) bond motifs is 1. The molecule has 8 nitrogen and oxygen atoms in total. The minimum Gasteiger partial charge on any atom is -0.435 e. The lowest BCUT2D eigenvalue weighted by atomic mass is 9.84. The molecular weight excluding hydrogens is 504 g/mol. The molecule has 2 aliphatic heterocycles. The van der Waals surface area contributed by atoms with Gasteiger partial charge in [-0.25, -0.2) is 0 Å². The lowest BCUT2D eigenvalue weighted by Crippen LogP contribution is -2.49. The Hall–Kier alpha value is -2.21. The Bertz CT molecular complexity index is 1140. The van der Waals surface area contributed by atoms with Crippen LogP contribution in [0.25, 0.3) is 11.3 Å². The van der Waals surface area contributed by atoms with Gasteiger partial charge in [-0.3, -0.25) is 18.6 Å². The smallest absolute Gasteiger partial charge is 0.387 e. The highest BCUT2D eigenvalue weighted by Gasteiger charge is 2.41. The molecule has 11 heteroatoms. The molecule has 0 radical (unpaired) electrons. The van der Waals surface area contributed by atoms with E-state index in [2.05, 4.69) is 10.1 Å². The molecule has 1 aromatic heterocycles. The summed E-state index contributed by atoms with van der Waals surface area (Å²) in [5.41, 5.74) is 2.90. The van der Waals surface area contributed by atoms with Gasteiger partial charge in [-0.05, 0) is 57.1 Å². The maximum Gasteiger partial charge on any atom is 0.387 e. The summed E-state index contributed by atoms with van der Waals surface area (Å²) in [6.45, 7) is 1.13. The third-order valence-electron chi connectivity index (χ3n) is 7.78. The molecule has 5 rings (SSSR count). The Morgan fingerprint density at radius 3 is 2.81 bits per heavy atom. The lowest BCUT2D eigenvalue weighted by Gasteiger charge is -2.32. The standard InChI is InChI=1S/C26H35F2N3O5S/c1-26(9-12-37(33,34)16-26)29-24(32)19-5-6-21-22(14-19)31(15-17-7-10-35-11-8-17)30-23(21)18-3-2-4-20(13-18)36-25(27)28/h2-4,13,17,19,25,33-34H,5-12,14-16H2,1H3,(H,29,32). The lowest BCUT2D eigenvalue weighted by molar-refractivity contribution is -0.126. The molecule has 2 aromatic rings. The summed E-state index contributed by atoms with van der Waals surface area (Å²) in [6.07, 6.45) is 4.22. The van der Waals surface area contributed by atoms with Crippen LogP contribution in [0.4, 0.5) is 8.78 Å². The molecule has 0 spiro atoms. The van der Waals surface area contributed by atoms with Crippen molar-refractivity contribution in [2.45, 2.75) is 64.1 Å². The van der Waals surface area contributed by atoms with Crippen LogP contribution in [0, 0.1) is 11.8 Å². The molecule has 2 unspecified atom stereocenters. The quantitative estimate of drug-likeness (QED) is 0.471. The average molecular weight is 540 g/mol. The molecule has 3 aliphatic rings. The van der Waals surface area contributed by atoms with Crippen molar-refractivity contribution in [3.8, 4) is 17.0 Å². The van der Waals surface area contributed by atoms with Crippen LogP contribution in [0.5, 0.6) is 5.75 Å². The number of carbonyl (C=O) groups excluding carboxylic acids is 1. The van der Waals surface area contributed by atoms with Crippen LogP contribution in [-0.4, -0.2) is 61.7 Å². The van der Waals surface area contributed by atoms with Gasteiger partial charge in [-0.15, -0.1) is 0 Å². The first-order valence-corrected chi connectivity index (χ1v) is 14.8. The predicted molar refractivity (Wildman–Crippen MR) is 137 cm³/mol. The second-order valence-electron chi connectivity index (χ2n) is 10.8. The van der Waals surface area contributed by atoms with Crippen LogP contribution in [0.15, 0.2) is 24.3 Å². The molecule has 0 bridgehead atoms. The third kappa shape index (κ3) is 6.10. The van der Waals surface area contributed by atoms with Gasteiger partial charge < -0.3 is 14.8 Å². The normalized spacial score (nSPS) is 26.6. The minimum absolute atomic E-state index is 0.0713. The molecule has 1 aliphatic carbocycles. The van der Waals surface area contributed by atoms with Crippen molar-refractivity contribution in [1.29, 1.82) is 0 Å². The summed E-state index contributed by atoms with van der Waals surface area (Å²) < 4.78 is 57.9. The number of nitrogens with zero attached hydrogens (tertiary/aromatic N) is 2. The number of ether oxygens (including phenoxy) is 2. The first-order valence-electron chi connectivity index (χ1n) is 12.9. The monoisotopic (exact) mass is 539 g/mol. The van der Waals surface area contributed by atoms with Gasteiger partial charge >= 0.3 is 6.61 Å². The maximum atomic E-state index is 13.3. The van der Waals surface area contributed by atoms with Crippen LogP contribution in [0.2, 0.25) is 0 Å². The SMILES string of the molecule is CC1(NC(=O)C2CCc3c(-c4cccc(OC(F)F)c4)nn(CC4CCOCC4)c3C2)CCS(O)(O)C1. The third-order valence-corrected chi connectivity index (χ3v) is 9.74. The van der Waals surface area contributed by atoms with Crippen molar-refractivity contribution in [3.63, 3.8) is 0 Å². The molecule has 1 aromatic carbocycles. The van der Waals surface area contributed by atoms with Crippen LogP contribution in [-0.2, 0) is 28.9 Å². The highest BCUT2D eigenvalue weighted by molar-refractivity contribution is 8.24. The number of halogens is 2. The molecule has 3 heterocycles. The average Bonchev–Trinajstić information content (AvgIpc) is 3.34. The molecule has 0 saturated carbocycles. The zero-order valence-electron chi connectivity index (χ0n) is 21.0. The summed E-state index contributed by atoms with van der Waals surface area (Å²) in [5, 5.41) is 8.05. The largest absolute Gasteiger partial charge is 0.435 e. The van der Waals surface area contributed by atoms with Crippen molar-refractivity contribution < 1.29 is 32.2 Å². The van der Waals surface area contributed by atoms with Gasteiger partial charge in [-0.2, -0.15) is 24.5 Å². The molecule has 37 heavy (non-hydrogen) atoms. The van der Waals surface area contributed by atoms with Crippen molar-refractivity contribution >= 4 is 16.5 Å². The van der Waals surface area contributed by atoms with E-state index >= 15 is 0 Å². The zero-order valence-corrected chi connectivity index (χ0v) is 21.8. The minimum atomic E-state index is -2.90. The Morgan fingerprint density at radius 1 is 1.32 bits per heavy atom. The first-order chi connectivity index (χ1) is 17.6. The second-order valence-corrected chi connectivity index (χ2v) is 13.1. The molecule has 204 valence electrons. The van der Waals surface area contributed by atoms with Crippen LogP contribution >= 0.6 is 10.6 Å². The fourth-order valence-corrected chi connectivity index (χ4v) is 7.98. The molecule has 1 amide bonds. The van der Waals surface area contributed by atoms with Crippen molar-refractivity contribution in [2.24, 2.45) is 11.8 Å². The number of alkyl halides is 2. The van der Waals surface area contributed by atoms with Gasteiger partial charge in [0.2, 0.25) is 5.91 Å². The van der Waals surface area contributed by atoms with Crippen LogP contribution in [0.1, 0.15) is 43.9 Å². The first kappa shape index (κ1) is 26.4. The summed E-state index contributed by atoms with van der Waals surface area (Å²) in [4.78, 5) is 13.3. The van der Waals surface area contributed by atoms with Crippen LogP contribution in [0.3, 0.4) is 0 Å². The molecule has 2 fully saturated rings. The van der Waals surface area contributed by atoms with E-state index in [0.717, 1.165) is 43.0 Å². The number of carbonyl (C=O) groups is 1. The van der Waals surface area contributed by atoms with Gasteiger partial charge in [0, 0.05) is 54.7 Å². The summed E-state index contributed by atoms with van der Waals surface area (Å²) in [6, 6.07) is 6.62. The van der Waals surface area contributed by atoms with Gasteiger partial charge in [0.1, 0.15) is 5.75 Å². The summed E-state index contributed by atoms with van der Waals surface area (Å²) in [7, 11) is -2.64. The molecule has 2 saturated heterocycles. The van der Waals surface area contributed by atoms with E-state index in [1.165, 1.54) is 6.07 Å². The topological polar surface area (TPSA) is 106 Å². The van der Waals surface area contributed by atoms with E-state index in [-0.39, 0.29) is 23.3 Å².